The predicted octanol–water partition coefficient (Wildman–Crippen LogP) is 3.18. The van der Waals surface area contributed by atoms with Gasteiger partial charge in [-0.15, -0.1) is 23.7 Å². The second kappa shape index (κ2) is 9.54. The lowest BCUT2D eigenvalue weighted by atomic mass is 10.1. The molecule has 9 heteroatoms. The van der Waals surface area contributed by atoms with E-state index < -0.39 is 10.0 Å². The summed E-state index contributed by atoms with van der Waals surface area (Å²) in [5, 5.41) is 5.01. The number of halogens is 1. The van der Waals surface area contributed by atoms with Gasteiger partial charge in [0.15, 0.2) is 0 Å². The van der Waals surface area contributed by atoms with Gasteiger partial charge in [0.05, 0.1) is 0 Å². The van der Waals surface area contributed by atoms with Crippen molar-refractivity contribution < 1.29 is 13.2 Å². The molecule has 27 heavy (non-hydrogen) atoms. The van der Waals surface area contributed by atoms with Crippen LogP contribution in [-0.4, -0.2) is 44.9 Å². The normalized spacial score (nSPS) is 16.6. The van der Waals surface area contributed by atoms with Gasteiger partial charge in [-0.2, -0.15) is 0 Å². The molecule has 0 spiro atoms. The van der Waals surface area contributed by atoms with Crippen molar-refractivity contribution in [2.75, 3.05) is 24.4 Å². The van der Waals surface area contributed by atoms with Crippen LogP contribution in [0.2, 0.25) is 0 Å². The maximum absolute atomic E-state index is 13.0. The lowest BCUT2D eigenvalue weighted by molar-refractivity contribution is 0.0692. The van der Waals surface area contributed by atoms with Crippen molar-refractivity contribution in [2.45, 2.75) is 30.0 Å². The number of rotatable bonds is 7. The lowest BCUT2D eigenvalue weighted by Crippen LogP contribution is -2.42. The highest BCUT2D eigenvalue weighted by molar-refractivity contribution is 7.94. The van der Waals surface area contributed by atoms with Crippen LogP contribution in [0.5, 0.6) is 0 Å². The number of thiophene rings is 1. The number of nitrogens with one attached hydrogen (secondary N) is 2. The first kappa shape index (κ1) is 21.7. The number of anilines is 1. The minimum Gasteiger partial charge on any atom is -0.334 e. The Bertz CT molecular complexity index is 850. The summed E-state index contributed by atoms with van der Waals surface area (Å²) in [6.45, 7) is 4.46. The summed E-state index contributed by atoms with van der Waals surface area (Å²) in [5.41, 5.74) is 0.891. The number of benzene rings is 1. The molecule has 1 atom stereocenters. The number of carbonyl (C=O) groups is 1. The van der Waals surface area contributed by atoms with Crippen molar-refractivity contribution in [3.05, 3.63) is 47.3 Å². The molecule has 1 unspecified atom stereocenters. The van der Waals surface area contributed by atoms with Crippen molar-refractivity contribution in [2.24, 2.45) is 0 Å². The Hall–Kier alpha value is -1.61. The van der Waals surface area contributed by atoms with Gasteiger partial charge in [-0.25, -0.2) is 8.42 Å². The number of nitrogens with zero attached hydrogens (tertiary/aromatic N) is 1. The molecule has 2 N–H and O–H groups in total. The van der Waals surface area contributed by atoms with E-state index in [1.54, 1.807) is 41.8 Å². The molecule has 0 radical (unpaired) electrons. The first-order valence-corrected chi connectivity index (χ1v) is 11.1. The fourth-order valence-corrected chi connectivity index (χ4v) is 5.14. The van der Waals surface area contributed by atoms with E-state index in [-0.39, 0.29) is 28.6 Å². The smallest absolute Gasteiger partial charge is 0.271 e. The van der Waals surface area contributed by atoms with Gasteiger partial charge in [0.25, 0.3) is 15.9 Å². The topological polar surface area (TPSA) is 78.5 Å². The number of hydrogen-bond donors (Lipinski definition) is 2. The third-order valence-electron chi connectivity index (χ3n) is 4.32. The molecule has 1 saturated heterocycles. The van der Waals surface area contributed by atoms with E-state index in [0.717, 1.165) is 37.3 Å². The first-order chi connectivity index (χ1) is 12.5. The zero-order valence-electron chi connectivity index (χ0n) is 15.1. The molecule has 1 fully saturated rings. The molecule has 1 aromatic heterocycles. The average Bonchev–Trinajstić information content (AvgIpc) is 3.32. The van der Waals surface area contributed by atoms with Crippen LogP contribution in [0.3, 0.4) is 0 Å². The van der Waals surface area contributed by atoms with E-state index in [1.165, 1.54) is 0 Å². The molecular formula is C18H24ClN3O3S2. The van der Waals surface area contributed by atoms with Crippen molar-refractivity contribution >= 4 is 45.4 Å². The summed E-state index contributed by atoms with van der Waals surface area (Å²) < 4.78 is 27.6. The van der Waals surface area contributed by atoms with Gasteiger partial charge in [-0.3, -0.25) is 9.52 Å². The largest absolute Gasteiger partial charge is 0.334 e. The number of sulfonamides is 1. The van der Waals surface area contributed by atoms with Crippen LogP contribution >= 0.6 is 23.7 Å². The molecule has 1 aliphatic rings. The fraction of sp³-hybridized carbons (Fsp3) is 0.389. The van der Waals surface area contributed by atoms with Crippen LogP contribution in [0.1, 0.15) is 30.1 Å². The molecule has 6 nitrogen and oxygen atoms in total. The molecule has 3 rings (SSSR count). The van der Waals surface area contributed by atoms with E-state index in [9.17, 15) is 13.2 Å². The van der Waals surface area contributed by atoms with Gasteiger partial charge in [0.2, 0.25) is 0 Å². The van der Waals surface area contributed by atoms with Crippen molar-refractivity contribution in [1.82, 2.24) is 10.2 Å². The summed E-state index contributed by atoms with van der Waals surface area (Å²) in [6.07, 6.45) is 1.82. The second-order valence-corrected chi connectivity index (χ2v) is 9.12. The standard InChI is InChI=1S/C18H23N3O3S2.ClH/c1-2-10-21(16-8-9-19-13-16)18(22)14-5-3-6-15(12-14)20-26(23,24)17-7-4-11-25-17;/h3-7,11-12,16,19-20H,2,8-10,13H2,1H3;1H. The van der Waals surface area contributed by atoms with Crippen LogP contribution in [-0.2, 0) is 10.0 Å². The van der Waals surface area contributed by atoms with Gasteiger partial charge in [-0.05, 0) is 49.0 Å². The maximum Gasteiger partial charge on any atom is 0.271 e. The molecular weight excluding hydrogens is 406 g/mol. The Kier molecular flexibility index (Phi) is 7.67. The van der Waals surface area contributed by atoms with Crippen molar-refractivity contribution in [3.8, 4) is 0 Å². The molecule has 0 aliphatic carbocycles. The number of amides is 1. The number of hydrogen-bond acceptors (Lipinski definition) is 5. The Morgan fingerprint density at radius 2 is 2.15 bits per heavy atom. The molecule has 1 amide bonds. The van der Waals surface area contributed by atoms with Crippen LogP contribution in [0.4, 0.5) is 5.69 Å². The van der Waals surface area contributed by atoms with Crippen molar-refractivity contribution in [3.63, 3.8) is 0 Å². The van der Waals surface area contributed by atoms with Gasteiger partial charge in [0, 0.05) is 30.4 Å². The van der Waals surface area contributed by atoms with Gasteiger partial charge >= 0.3 is 0 Å². The van der Waals surface area contributed by atoms with E-state index in [4.69, 9.17) is 0 Å². The Morgan fingerprint density at radius 1 is 1.33 bits per heavy atom. The molecule has 1 aliphatic heterocycles. The Balaban J connectivity index is 0.00000261. The van der Waals surface area contributed by atoms with Gasteiger partial charge < -0.3 is 10.2 Å². The average molecular weight is 430 g/mol. The van der Waals surface area contributed by atoms with E-state index >= 15 is 0 Å². The van der Waals surface area contributed by atoms with Crippen LogP contribution in [0.15, 0.2) is 46.0 Å². The van der Waals surface area contributed by atoms with Crippen LogP contribution < -0.4 is 10.0 Å². The second-order valence-electron chi connectivity index (χ2n) is 6.26. The molecule has 2 heterocycles. The SMILES string of the molecule is CCCN(C(=O)c1cccc(NS(=O)(=O)c2cccs2)c1)C1CCNC1.Cl. The Morgan fingerprint density at radius 3 is 2.78 bits per heavy atom. The molecule has 148 valence electrons. The highest BCUT2D eigenvalue weighted by atomic mass is 35.5. The summed E-state index contributed by atoms with van der Waals surface area (Å²) >= 11 is 1.16. The van der Waals surface area contributed by atoms with E-state index in [1.807, 2.05) is 11.8 Å². The molecule has 0 saturated carbocycles. The van der Waals surface area contributed by atoms with Crippen LogP contribution in [0.25, 0.3) is 0 Å². The Labute approximate surface area is 170 Å². The van der Waals surface area contributed by atoms with Gasteiger partial charge in [-0.1, -0.05) is 19.1 Å². The lowest BCUT2D eigenvalue weighted by Gasteiger charge is -2.28. The monoisotopic (exact) mass is 429 g/mol. The summed E-state index contributed by atoms with van der Waals surface area (Å²) in [4.78, 5) is 14.9. The van der Waals surface area contributed by atoms with Crippen molar-refractivity contribution in [1.29, 1.82) is 0 Å². The summed E-state index contributed by atoms with van der Waals surface area (Å²) in [5.74, 6) is -0.0577. The molecule has 0 bridgehead atoms. The zero-order chi connectivity index (χ0) is 18.6. The van der Waals surface area contributed by atoms with Crippen LogP contribution in [0, 0.1) is 0 Å². The highest BCUT2D eigenvalue weighted by Gasteiger charge is 2.27. The fourth-order valence-electron chi connectivity index (χ4n) is 3.10. The van der Waals surface area contributed by atoms with E-state index in [2.05, 4.69) is 10.0 Å². The number of carbonyl (C=O) groups excluding carboxylic acids is 1. The summed E-state index contributed by atoms with van der Waals surface area (Å²) in [7, 11) is -3.62. The highest BCUT2D eigenvalue weighted by Crippen LogP contribution is 2.22. The maximum atomic E-state index is 13.0. The predicted molar refractivity (Wildman–Crippen MR) is 111 cm³/mol. The quantitative estimate of drug-likeness (QED) is 0.708. The first-order valence-electron chi connectivity index (χ1n) is 8.69. The van der Waals surface area contributed by atoms with Gasteiger partial charge in [0.1, 0.15) is 4.21 Å². The molecule has 1 aromatic carbocycles. The van der Waals surface area contributed by atoms with E-state index in [0.29, 0.717) is 17.8 Å². The zero-order valence-corrected chi connectivity index (χ0v) is 17.5. The minimum absolute atomic E-state index is 0. The third-order valence-corrected chi connectivity index (χ3v) is 7.10. The minimum atomic E-state index is -3.62. The third kappa shape index (κ3) is 5.22. The molecule has 2 aromatic rings. The summed E-state index contributed by atoms with van der Waals surface area (Å²) in [6, 6.07) is 10.1.